The van der Waals surface area contributed by atoms with Crippen molar-refractivity contribution >= 4 is 17.6 Å². The molecule has 3 nitrogen and oxygen atoms in total. The van der Waals surface area contributed by atoms with Crippen LogP contribution in [0.2, 0.25) is 5.02 Å². The van der Waals surface area contributed by atoms with E-state index in [1.807, 2.05) is 49.4 Å². The zero-order valence-corrected chi connectivity index (χ0v) is 13.3. The summed E-state index contributed by atoms with van der Waals surface area (Å²) in [5.41, 5.74) is 3.19. The Hall–Kier alpha value is -2.00. The van der Waals surface area contributed by atoms with Crippen LogP contribution in [0.25, 0.3) is 0 Å². The van der Waals surface area contributed by atoms with Crippen molar-refractivity contribution in [3.05, 3.63) is 70.2 Å². The number of rotatable bonds is 4. The molecule has 2 N–H and O–H groups in total. The maximum atomic E-state index is 12.1. The zero-order valence-electron chi connectivity index (χ0n) is 12.5. The van der Waals surface area contributed by atoms with Crippen molar-refractivity contribution < 1.29 is 4.79 Å². The Bertz CT molecular complexity index is 678. The van der Waals surface area contributed by atoms with Crippen molar-refractivity contribution in [2.24, 2.45) is 0 Å². The highest BCUT2D eigenvalue weighted by Gasteiger charge is 2.45. The Morgan fingerprint density at radius 3 is 2.55 bits per heavy atom. The van der Waals surface area contributed by atoms with Gasteiger partial charge in [0.2, 0.25) is 0 Å². The third-order valence-electron chi connectivity index (χ3n) is 4.04. The van der Waals surface area contributed by atoms with Crippen LogP contribution < -0.4 is 10.6 Å². The molecule has 1 saturated carbocycles. The molecule has 0 atom stereocenters. The molecule has 1 fully saturated rings. The molecule has 1 aliphatic carbocycles. The summed E-state index contributed by atoms with van der Waals surface area (Å²) in [6.45, 7) is 2.58. The van der Waals surface area contributed by atoms with Crippen LogP contribution in [0.4, 0.5) is 4.79 Å². The standard InChI is InChI=1S/C18H19ClN2O/c1-13-3-2-4-14(11-13)12-20-17(22)21-18(9-10-18)15-5-7-16(19)8-6-15/h2-8,11H,9-10,12H2,1H3,(H2,20,21,22). The van der Waals surface area contributed by atoms with Gasteiger partial charge >= 0.3 is 6.03 Å². The Morgan fingerprint density at radius 1 is 1.18 bits per heavy atom. The number of hydrogen-bond donors (Lipinski definition) is 2. The van der Waals surface area contributed by atoms with Crippen LogP contribution in [-0.4, -0.2) is 6.03 Å². The summed E-state index contributed by atoms with van der Waals surface area (Å²) >= 11 is 5.92. The first-order chi connectivity index (χ1) is 10.6. The molecule has 2 aromatic rings. The van der Waals surface area contributed by atoms with E-state index in [1.54, 1.807) is 0 Å². The fourth-order valence-corrected chi connectivity index (χ4v) is 2.77. The van der Waals surface area contributed by atoms with Gasteiger partial charge in [0.1, 0.15) is 0 Å². The zero-order chi connectivity index (χ0) is 15.6. The Morgan fingerprint density at radius 2 is 1.91 bits per heavy atom. The Balaban J connectivity index is 1.58. The van der Waals surface area contributed by atoms with Gasteiger partial charge in [-0.2, -0.15) is 0 Å². The predicted octanol–water partition coefficient (Wildman–Crippen LogP) is 4.14. The number of carbonyl (C=O) groups is 1. The van der Waals surface area contributed by atoms with E-state index < -0.39 is 0 Å². The molecule has 0 aliphatic heterocycles. The first-order valence-electron chi connectivity index (χ1n) is 7.45. The first-order valence-corrected chi connectivity index (χ1v) is 7.83. The van der Waals surface area contributed by atoms with Gasteiger partial charge in [-0.05, 0) is 43.0 Å². The lowest BCUT2D eigenvalue weighted by Gasteiger charge is -2.18. The van der Waals surface area contributed by atoms with Gasteiger partial charge in [-0.3, -0.25) is 0 Å². The van der Waals surface area contributed by atoms with Crippen LogP contribution >= 0.6 is 11.6 Å². The number of benzene rings is 2. The predicted molar refractivity (Wildman–Crippen MR) is 88.9 cm³/mol. The Kier molecular flexibility index (Phi) is 4.08. The number of aryl methyl sites for hydroxylation is 1. The fourth-order valence-electron chi connectivity index (χ4n) is 2.65. The van der Waals surface area contributed by atoms with Crippen LogP contribution in [-0.2, 0) is 12.1 Å². The summed E-state index contributed by atoms with van der Waals surface area (Å²) in [6.07, 6.45) is 1.93. The van der Waals surface area contributed by atoms with Crippen molar-refractivity contribution in [2.45, 2.75) is 31.8 Å². The second-order valence-electron chi connectivity index (χ2n) is 5.89. The molecule has 1 aliphatic rings. The van der Waals surface area contributed by atoms with E-state index in [9.17, 15) is 4.79 Å². The van der Waals surface area contributed by atoms with E-state index in [4.69, 9.17) is 11.6 Å². The molecule has 114 valence electrons. The highest BCUT2D eigenvalue weighted by atomic mass is 35.5. The van der Waals surface area contributed by atoms with Crippen LogP contribution in [0.3, 0.4) is 0 Å². The van der Waals surface area contributed by atoms with Gasteiger partial charge in [0.15, 0.2) is 0 Å². The number of carbonyl (C=O) groups excluding carboxylic acids is 1. The number of hydrogen-bond acceptors (Lipinski definition) is 1. The molecule has 2 aromatic carbocycles. The maximum absolute atomic E-state index is 12.1. The summed E-state index contributed by atoms with van der Waals surface area (Å²) in [5.74, 6) is 0. The highest BCUT2D eigenvalue weighted by Crippen LogP contribution is 2.45. The monoisotopic (exact) mass is 314 g/mol. The van der Waals surface area contributed by atoms with Crippen LogP contribution in [0.15, 0.2) is 48.5 Å². The molecule has 0 spiro atoms. The lowest BCUT2D eigenvalue weighted by molar-refractivity contribution is 0.235. The van der Waals surface area contributed by atoms with Gasteiger partial charge in [-0.1, -0.05) is 53.6 Å². The number of halogens is 1. The molecule has 22 heavy (non-hydrogen) atoms. The highest BCUT2D eigenvalue weighted by molar-refractivity contribution is 6.30. The van der Waals surface area contributed by atoms with Crippen LogP contribution in [0.5, 0.6) is 0 Å². The lowest BCUT2D eigenvalue weighted by Crippen LogP contribution is -2.41. The van der Waals surface area contributed by atoms with Crippen molar-refractivity contribution in [2.75, 3.05) is 0 Å². The van der Waals surface area contributed by atoms with E-state index in [1.165, 1.54) is 5.56 Å². The molecule has 0 heterocycles. The fraction of sp³-hybridized carbons (Fsp3) is 0.278. The van der Waals surface area contributed by atoms with Crippen molar-refractivity contribution in [3.63, 3.8) is 0 Å². The summed E-state index contributed by atoms with van der Waals surface area (Å²) in [7, 11) is 0. The van der Waals surface area contributed by atoms with Gasteiger partial charge in [-0.25, -0.2) is 4.79 Å². The molecule has 0 unspecified atom stereocenters. The smallest absolute Gasteiger partial charge is 0.315 e. The maximum Gasteiger partial charge on any atom is 0.315 e. The third kappa shape index (κ3) is 3.42. The normalized spacial score (nSPS) is 15.2. The Labute approximate surface area is 135 Å². The summed E-state index contributed by atoms with van der Waals surface area (Å²) in [4.78, 5) is 12.1. The SMILES string of the molecule is Cc1cccc(CNC(=O)NC2(c3ccc(Cl)cc3)CC2)c1. The minimum Gasteiger partial charge on any atom is -0.334 e. The number of nitrogens with one attached hydrogen (secondary N) is 2. The second-order valence-corrected chi connectivity index (χ2v) is 6.32. The molecule has 4 heteroatoms. The second kappa shape index (κ2) is 6.01. The number of amides is 2. The van der Waals surface area contributed by atoms with Gasteiger partial charge in [-0.15, -0.1) is 0 Å². The van der Waals surface area contributed by atoms with Gasteiger partial charge in [0.25, 0.3) is 0 Å². The van der Waals surface area contributed by atoms with Gasteiger partial charge in [0.05, 0.1) is 5.54 Å². The molecule has 0 saturated heterocycles. The summed E-state index contributed by atoms with van der Waals surface area (Å²) < 4.78 is 0. The number of urea groups is 1. The molecular formula is C18H19ClN2O. The molecule has 3 rings (SSSR count). The summed E-state index contributed by atoms with van der Waals surface area (Å²) in [5, 5.41) is 6.73. The van der Waals surface area contributed by atoms with Gasteiger partial charge < -0.3 is 10.6 Å². The molecule has 0 radical (unpaired) electrons. The van der Waals surface area contributed by atoms with Crippen LogP contribution in [0.1, 0.15) is 29.5 Å². The molecule has 0 aromatic heterocycles. The first kappa shape index (κ1) is 14.9. The molecule has 2 amide bonds. The quantitative estimate of drug-likeness (QED) is 0.875. The van der Waals surface area contributed by atoms with Gasteiger partial charge in [0, 0.05) is 11.6 Å². The lowest BCUT2D eigenvalue weighted by atomic mass is 10.1. The van der Waals surface area contributed by atoms with E-state index in [0.29, 0.717) is 11.6 Å². The average Bonchev–Trinajstić information content (AvgIpc) is 3.27. The minimum atomic E-state index is -0.221. The van der Waals surface area contributed by atoms with Crippen molar-refractivity contribution in [1.29, 1.82) is 0 Å². The summed E-state index contributed by atoms with van der Waals surface area (Å²) in [6, 6.07) is 15.7. The van der Waals surface area contributed by atoms with E-state index in [-0.39, 0.29) is 11.6 Å². The van der Waals surface area contributed by atoms with Crippen LogP contribution in [0, 0.1) is 6.92 Å². The average molecular weight is 315 g/mol. The van der Waals surface area contributed by atoms with Crippen molar-refractivity contribution in [3.8, 4) is 0 Å². The molecular weight excluding hydrogens is 296 g/mol. The van der Waals surface area contributed by atoms with E-state index in [0.717, 1.165) is 24.0 Å². The largest absolute Gasteiger partial charge is 0.334 e. The van der Waals surface area contributed by atoms with Crippen molar-refractivity contribution in [1.82, 2.24) is 10.6 Å². The van der Waals surface area contributed by atoms with E-state index >= 15 is 0 Å². The third-order valence-corrected chi connectivity index (χ3v) is 4.29. The minimum absolute atomic E-state index is 0.131. The van der Waals surface area contributed by atoms with E-state index in [2.05, 4.69) is 16.7 Å². The molecule has 0 bridgehead atoms. The topological polar surface area (TPSA) is 41.1 Å².